The zero-order valence-corrected chi connectivity index (χ0v) is 13.9. The predicted octanol–water partition coefficient (Wildman–Crippen LogP) is 2.65. The van der Waals surface area contributed by atoms with Crippen molar-refractivity contribution in [2.45, 2.75) is 51.6 Å². The van der Waals surface area contributed by atoms with Crippen LogP contribution in [0.25, 0.3) is 0 Å². The van der Waals surface area contributed by atoms with Crippen LogP contribution in [0.5, 0.6) is 0 Å². The molecule has 0 fully saturated rings. The van der Waals surface area contributed by atoms with Crippen LogP contribution in [0.2, 0.25) is 0 Å². The summed E-state index contributed by atoms with van der Waals surface area (Å²) in [4.78, 5) is -0.292. The van der Waals surface area contributed by atoms with Gasteiger partial charge in [-0.1, -0.05) is 40.2 Å². The molecular weight excluding hydrogens is 291 g/mol. The smallest absolute Gasteiger partial charge is 0.243 e. The lowest BCUT2D eigenvalue weighted by Crippen LogP contribution is -2.29. The second-order valence-corrected chi connectivity index (χ2v) is 7.40. The fourth-order valence-corrected chi connectivity index (χ4v) is 2.89. The summed E-state index contributed by atoms with van der Waals surface area (Å²) >= 11 is 0. The second-order valence-electron chi connectivity index (χ2n) is 5.67. The maximum absolute atomic E-state index is 14.0. The van der Waals surface area contributed by atoms with E-state index in [0.29, 0.717) is 13.1 Å². The molecule has 0 spiro atoms. The van der Waals surface area contributed by atoms with Crippen LogP contribution in [-0.4, -0.2) is 21.0 Å². The van der Waals surface area contributed by atoms with E-state index < -0.39 is 15.8 Å². The number of hydrogen-bond acceptors (Lipinski definition) is 3. The Bertz CT molecular complexity index is 559. The average Bonchev–Trinajstić information content (AvgIpc) is 2.42. The molecule has 1 aromatic carbocycles. The number of sulfonamides is 1. The Hall–Kier alpha value is -0.980. The second kappa shape index (κ2) is 7.87. The third kappa shape index (κ3) is 5.73. The summed E-state index contributed by atoms with van der Waals surface area (Å²) in [5.41, 5.74) is 0.724. The van der Waals surface area contributed by atoms with E-state index in [1.54, 1.807) is 6.07 Å². The summed E-state index contributed by atoms with van der Waals surface area (Å²) in [6.45, 7) is 8.74. The molecule has 1 aromatic rings. The Morgan fingerprint density at radius 3 is 2.43 bits per heavy atom. The highest BCUT2D eigenvalue weighted by Crippen LogP contribution is 2.16. The van der Waals surface area contributed by atoms with Crippen molar-refractivity contribution in [1.82, 2.24) is 10.0 Å². The van der Waals surface area contributed by atoms with Gasteiger partial charge in [-0.05, 0) is 23.6 Å². The van der Waals surface area contributed by atoms with Gasteiger partial charge in [0.2, 0.25) is 10.0 Å². The molecule has 0 heterocycles. The summed E-state index contributed by atoms with van der Waals surface area (Å²) in [7, 11) is -3.79. The lowest BCUT2D eigenvalue weighted by atomic mass is 10.1. The first-order valence-corrected chi connectivity index (χ1v) is 8.76. The Morgan fingerprint density at radius 2 is 1.90 bits per heavy atom. The molecule has 4 nitrogen and oxygen atoms in total. The molecule has 21 heavy (non-hydrogen) atoms. The normalized spacial score (nSPS) is 13.6. The van der Waals surface area contributed by atoms with Crippen molar-refractivity contribution in [3.63, 3.8) is 0 Å². The summed E-state index contributed by atoms with van der Waals surface area (Å²) in [6, 6.07) is 4.52. The molecule has 1 rings (SSSR count). The Kier molecular flexibility index (Phi) is 6.77. The molecule has 0 saturated heterocycles. The van der Waals surface area contributed by atoms with Gasteiger partial charge in [-0.3, -0.25) is 0 Å². The predicted molar refractivity (Wildman–Crippen MR) is 83.0 cm³/mol. The number of hydrogen-bond donors (Lipinski definition) is 2. The third-order valence-corrected chi connectivity index (χ3v) is 4.78. The summed E-state index contributed by atoms with van der Waals surface area (Å²) < 4.78 is 40.7. The first-order valence-electron chi connectivity index (χ1n) is 7.27. The molecule has 0 saturated carbocycles. The van der Waals surface area contributed by atoms with Crippen LogP contribution >= 0.6 is 0 Å². The lowest BCUT2D eigenvalue weighted by Gasteiger charge is -2.13. The zero-order chi connectivity index (χ0) is 16.0. The summed E-state index contributed by atoms with van der Waals surface area (Å²) in [6.07, 6.45) is 0.866. The molecule has 0 radical (unpaired) electrons. The van der Waals surface area contributed by atoms with Crippen molar-refractivity contribution in [1.29, 1.82) is 0 Å². The van der Waals surface area contributed by atoms with Gasteiger partial charge in [-0.15, -0.1) is 0 Å². The molecule has 1 atom stereocenters. The molecule has 0 aliphatic rings. The van der Waals surface area contributed by atoms with Gasteiger partial charge in [0.25, 0.3) is 0 Å². The zero-order valence-electron chi connectivity index (χ0n) is 13.1. The summed E-state index contributed by atoms with van der Waals surface area (Å²) in [5.74, 6) is -0.493. The van der Waals surface area contributed by atoms with Gasteiger partial charge in [0.15, 0.2) is 0 Å². The van der Waals surface area contributed by atoms with Crippen molar-refractivity contribution < 1.29 is 12.8 Å². The lowest BCUT2D eigenvalue weighted by molar-refractivity contribution is 0.520. The van der Waals surface area contributed by atoms with Crippen LogP contribution < -0.4 is 10.0 Å². The van der Waals surface area contributed by atoms with Crippen LogP contribution in [0.1, 0.15) is 39.7 Å². The van der Waals surface area contributed by atoms with Gasteiger partial charge in [-0.25, -0.2) is 17.5 Å². The molecule has 2 N–H and O–H groups in total. The molecule has 0 amide bonds. The van der Waals surface area contributed by atoms with Gasteiger partial charge in [0, 0.05) is 19.1 Å². The largest absolute Gasteiger partial charge is 0.310 e. The summed E-state index contributed by atoms with van der Waals surface area (Å²) in [5, 5.41) is 3.16. The molecule has 0 aliphatic heterocycles. The molecule has 120 valence electrons. The molecule has 0 aromatic heterocycles. The van der Waals surface area contributed by atoms with Crippen molar-refractivity contribution >= 4 is 10.0 Å². The molecule has 0 bridgehead atoms. The SMILES string of the molecule is CCC(C)CNS(=O)(=O)c1ccc(CNC(C)C)cc1F. The fraction of sp³-hybridized carbons (Fsp3) is 0.600. The van der Waals surface area contributed by atoms with Crippen LogP contribution in [-0.2, 0) is 16.6 Å². The van der Waals surface area contributed by atoms with Crippen molar-refractivity contribution in [3.05, 3.63) is 29.6 Å². The maximum Gasteiger partial charge on any atom is 0.243 e. The van der Waals surface area contributed by atoms with Gasteiger partial charge in [-0.2, -0.15) is 0 Å². The van der Waals surface area contributed by atoms with Gasteiger partial charge in [0.1, 0.15) is 10.7 Å². The minimum Gasteiger partial charge on any atom is -0.310 e. The minimum atomic E-state index is -3.79. The van der Waals surface area contributed by atoms with E-state index in [1.807, 2.05) is 27.7 Å². The number of rotatable bonds is 8. The maximum atomic E-state index is 14.0. The van der Waals surface area contributed by atoms with Crippen molar-refractivity contribution in [3.8, 4) is 0 Å². The quantitative estimate of drug-likeness (QED) is 0.775. The molecular formula is C15H25FN2O2S. The topological polar surface area (TPSA) is 58.2 Å². The number of halogens is 1. The van der Waals surface area contributed by atoms with E-state index in [9.17, 15) is 12.8 Å². The highest BCUT2D eigenvalue weighted by molar-refractivity contribution is 7.89. The Labute approximate surface area is 127 Å². The molecule has 0 aliphatic carbocycles. The van der Waals surface area contributed by atoms with Crippen LogP contribution in [0.4, 0.5) is 4.39 Å². The Morgan fingerprint density at radius 1 is 1.24 bits per heavy atom. The van der Waals surface area contributed by atoms with Crippen LogP contribution in [0.3, 0.4) is 0 Å². The fourth-order valence-electron chi connectivity index (χ4n) is 1.67. The number of nitrogens with one attached hydrogen (secondary N) is 2. The van der Waals surface area contributed by atoms with Gasteiger partial charge >= 0.3 is 0 Å². The Balaban J connectivity index is 2.83. The molecule has 6 heteroatoms. The van der Waals surface area contributed by atoms with Crippen LogP contribution in [0.15, 0.2) is 23.1 Å². The monoisotopic (exact) mass is 316 g/mol. The van der Waals surface area contributed by atoms with E-state index >= 15 is 0 Å². The average molecular weight is 316 g/mol. The first-order chi connectivity index (χ1) is 9.76. The van der Waals surface area contributed by atoms with E-state index in [0.717, 1.165) is 12.0 Å². The first kappa shape index (κ1) is 18.1. The third-order valence-electron chi connectivity index (χ3n) is 3.32. The minimum absolute atomic E-state index is 0.220. The van der Waals surface area contributed by atoms with E-state index in [1.165, 1.54) is 12.1 Å². The highest BCUT2D eigenvalue weighted by atomic mass is 32.2. The van der Waals surface area contributed by atoms with E-state index in [2.05, 4.69) is 10.0 Å². The van der Waals surface area contributed by atoms with Gasteiger partial charge < -0.3 is 5.32 Å². The van der Waals surface area contributed by atoms with E-state index in [4.69, 9.17) is 0 Å². The van der Waals surface area contributed by atoms with Crippen molar-refractivity contribution in [2.24, 2.45) is 5.92 Å². The van der Waals surface area contributed by atoms with Gasteiger partial charge in [0.05, 0.1) is 0 Å². The molecule has 1 unspecified atom stereocenters. The van der Waals surface area contributed by atoms with Crippen molar-refractivity contribution in [2.75, 3.05) is 6.54 Å². The van der Waals surface area contributed by atoms with Crippen LogP contribution in [0, 0.1) is 11.7 Å². The highest BCUT2D eigenvalue weighted by Gasteiger charge is 2.19. The van der Waals surface area contributed by atoms with E-state index in [-0.39, 0.29) is 16.9 Å². The standard InChI is InChI=1S/C15H25FN2O2S/c1-5-12(4)9-18-21(19,20)15-7-6-13(8-14(15)16)10-17-11(2)3/h6-8,11-12,17-18H,5,9-10H2,1-4H3. The number of benzene rings is 1.